The number of nitrogens with one attached hydrogen (secondary N) is 3. The number of nitrogens with two attached hydrogens (primary N) is 1. The zero-order valence-electron chi connectivity index (χ0n) is 38.8. The monoisotopic (exact) mass is 883 g/mol. The maximum Gasteiger partial charge on any atom is 0.304 e. The van der Waals surface area contributed by atoms with E-state index in [-0.39, 0.29) is 43.3 Å². The molecule has 62 heavy (non-hydrogen) atoms. The van der Waals surface area contributed by atoms with Crippen LogP contribution in [0.15, 0.2) is 0 Å². The lowest BCUT2D eigenvalue weighted by Crippen LogP contribution is -2.50. The molecule has 0 aromatic carbocycles. The molecule has 0 saturated carbocycles. The predicted molar refractivity (Wildman–Crippen MR) is 231 cm³/mol. The Hall–Kier alpha value is -5.02. The summed E-state index contributed by atoms with van der Waals surface area (Å²) in [5.41, 5.74) is 5.60. The van der Waals surface area contributed by atoms with Gasteiger partial charge >= 0.3 is 5.97 Å². The number of Topliss-reactive ketones (excluding diaryl/α,β-unsaturated/α-hetero) is 2. The van der Waals surface area contributed by atoms with E-state index in [9.17, 15) is 53.1 Å². The zero-order chi connectivity index (χ0) is 47.9. The van der Waals surface area contributed by atoms with E-state index in [0.717, 1.165) is 24.5 Å². The van der Waals surface area contributed by atoms with Gasteiger partial charge in [-0.3, -0.25) is 47.9 Å². The fourth-order valence-corrected chi connectivity index (χ4v) is 6.03. The van der Waals surface area contributed by atoms with Gasteiger partial charge < -0.3 is 56.2 Å². The van der Waals surface area contributed by atoms with Crippen molar-refractivity contribution in [1.82, 2.24) is 45.3 Å². The lowest BCUT2D eigenvalue weighted by Gasteiger charge is -2.27. The number of amides is 7. The molecule has 21 nitrogen and oxygen atoms in total. The lowest BCUT2D eigenvalue weighted by atomic mass is 9.95. The minimum Gasteiger partial charge on any atom is -0.481 e. The van der Waals surface area contributed by atoms with E-state index < -0.39 is 104 Å². The molecule has 7 amide bonds. The van der Waals surface area contributed by atoms with E-state index in [0.29, 0.717) is 38.8 Å². The Balaban J connectivity index is 5.21. The van der Waals surface area contributed by atoms with Gasteiger partial charge in [-0.1, -0.05) is 27.7 Å². The van der Waals surface area contributed by atoms with Gasteiger partial charge in [-0.05, 0) is 45.7 Å². The number of carbonyl (C=O) groups excluding carboxylic acids is 9. The minimum atomic E-state index is -1.33. The van der Waals surface area contributed by atoms with Gasteiger partial charge in [0.2, 0.25) is 41.4 Å². The molecule has 0 radical (unpaired) electrons. The first kappa shape index (κ1) is 57.0. The number of rotatable bonds is 31. The predicted octanol–water partition coefficient (Wildman–Crippen LogP) is -1.87. The Morgan fingerprint density at radius 1 is 0.565 bits per heavy atom. The maximum atomic E-state index is 13.3. The van der Waals surface area contributed by atoms with Crippen molar-refractivity contribution in [2.45, 2.75) is 104 Å². The quantitative estimate of drug-likeness (QED) is 0.0478. The maximum absolute atomic E-state index is 13.3. The van der Waals surface area contributed by atoms with Crippen molar-refractivity contribution < 1.29 is 53.1 Å². The highest BCUT2D eigenvalue weighted by Crippen LogP contribution is 2.14. The van der Waals surface area contributed by atoms with Crippen molar-refractivity contribution in [3.05, 3.63) is 0 Å². The number of unbranched alkanes of at least 4 members (excludes halogenated alkanes) is 1. The van der Waals surface area contributed by atoms with Crippen LogP contribution >= 0.6 is 0 Å². The third-order valence-corrected chi connectivity index (χ3v) is 9.80. The summed E-state index contributed by atoms with van der Waals surface area (Å²) >= 11 is 0. The fourth-order valence-electron chi connectivity index (χ4n) is 6.03. The Morgan fingerprint density at radius 3 is 1.40 bits per heavy atom. The second kappa shape index (κ2) is 29.3. The fraction of sp³-hybridized carbons (Fsp3) is 0.756. The Bertz CT molecular complexity index is 1540. The summed E-state index contributed by atoms with van der Waals surface area (Å²) in [6, 6.07) is -1.09. The van der Waals surface area contributed by atoms with Crippen LogP contribution < -0.4 is 21.7 Å². The van der Waals surface area contributed by atoms with Crippen molar-refractivity contribution in [3.8, 4) is 0 Å². The van der Waals surface area contributed by atoms with Crippen LogP contribution in [0.3, 0.4) is 0 Å². The molecule has 6 N–H and O–H groups in total. The van der Waals surface area contributed by atoms with E-state index in [1.165, 1.54) is 47.2 Å². The molecule has 0 aromatic rings. The molecule has 0 aliphatic carbocycles. The molecule has 0 fully saturated rings. The van der Waals surface area contributed by atoms with Crippen LogP contribution in [-0.4, -0.2) is 212 Å². The number of carboxylic acid groups (broad SMARTS) is 1. The van der Waals surface area contributed by atoms with E-state index in [1.807, 2.05) is 27.7 Å². The summed E-state index contributed by atoms with van der Waals surface area (Å²) in [5.74, 6) is -7.45. The first-order valence-corrected chi connectivity index (χ1v) is 21.0. The van der Waals surface area contributed by atoms with Crippen molar-refractivity contribution >= 4 is 58.9 Å². The first-order chi connectivity index (χ1) is 28.8. The normalized spacial score (nSPS) is 12.5. The standard InChI is InChI=1S/C41H74N10O11/c1-27(2)43-18-14-16-33(53)32(15-12-13-17-42)45-40(61)30(20-39(59)60)19-31(52)21-46(6)34(54)22-47(7)35(55)23-48(8)36(56)24-49(9)37(57)25-50(10)38(58)26-51(11)41(62)29(5)44-28(3)4/h27-30,32,43-44H,12-26,42H2,1-11H3,(H,45,61)(H,59,60)/t29-,30-,32-/m0/s1. The summed E-state index contributed by atoms with van der Waals surface area (Å²) in [5, 5.41) is 18.4. The van der Waals surface area contributed by atoms with Crippen LogP contribution in [0.1, 0.15) is 79.6 Å². The SMILES string of the molecule is CC(C)NCCCC(=O)[C@H](CCCCN)NC(=O)[C@H](CC(=O)O)CC(=O)CN(C)C(=O)CN(C)C(=O)CN(C)C(=O)CN(C)C(=O)CN(C)C(=O)CN(C)C(=O)[C@H](C)NC(C)C. The largest absolute Gasteiger partial charge is 0.481 e. The van der Waals surface area contributed by atoms with Crippen LogP contribution in [-0.2, 0) is 47.9 Å². The third-order valence-electron chi connectivity index (χ3n) is 9.80. The summed E-state index contributed by atoms with van der Waals surface area (Å²) in [6.45, 7) is 7.96. The Labute approximate surface area is 366 Å². The van der Waals surface area contributed by atoms with Crippen molar-refractivity contribution in [1.29, 1.82) is 0 Å². The topological polar surface area (TPSA) is 272 Å². The number of carbonyl (C=O) groups is 10. The number of likely N-dealkylation sites (N-methyl/N-ethyl adjacent to an activating group) is 6. The van der Waals surface area contributed by atoms with Gasteiger partial charge in [0.25, 0.3) is 0 Å². The van der Waals surface area contributed by atoms with Crippen molar-refractivity contribution in [2.24, 2.45) is 11.7 Å². The molecular formula is C41H74N10O11. The number of hydrogen-bond donors (Lipinski definition) is 5. The summed E-state index contributed by atoms with van der Waals surface area (Å²) < 4.78 is 0. The van der Waals surface area contributed by atoms with Crippen molar-refractivity contribution in [2.75, 3.05) is 94.6 Å². The molecule has 0 aliphatic rings. The summed E-state index contributed by atoms with van der Waals surface area (Å²) in [4.78, 5) is 135. The highest BCUT2D eigenvalue weighted by Gasteiger charge is 2.30. The highest BCUT2D eigenvalue weighted by molar-refractivity contribution is 5.95. The number of nitrogens with zero attached hydrogens (tertiary/aromatic N) is 6. The Morgan fingerprint density at radius 2 is 1.00 bits per heavy atom. The molecule has 0 bridgehead atoms. The molecule has 0 aliphatic heterocycles. The molecule has 3 atom stereocenters. The van der Waals surface area contributed by atoms with Gasteiger partial charge in [0, 0.05) is 67.2 Å². The van der Waals surface area contributed by atoms with Crippen LogP contribution in [0, 0.1) is 5.92 Å². The molecule has 21 heteroatoms. The summed E-state index contributed by atoms with van der Waals surface area (Å²) in [6.07, 6.45) is 1.01. The Kier molecular flexibility index (Phi) is 26.9. The van der Waals surface area contributed by atoms with Crippen LogP contribution in [0.5, 0.6) is 0 Å². The average molecular weight is 883 g/mol. The summed E-state index contributed by atoms with van der Waals surface area (Å²) in [7, 11) is 8.21. The van der Waals surface area contributed by atoms with Gasteiger partial charge in [-0.25, -0.2) is 0 Å². The van der Waals surface area contributed by atoms with Crippen LogP contribution in [0.2, 0.25) is 0 Å². The number of ketones is 2. The minimum absolute atomic E-state index is 0.0587. The molecule has 0 saturated heterocycles. The van der Waals surface area contributed by atoms with E-state index in [4.69, 9.17) is 5.73 Å². The second-order valence-corrected chi connectivity index (χ2v) is 16.5. The number of aliphatic carboxylic acids is 1. The molecule has 0 spiro atoms. The number of carboxylic acids is 1. The van der Waals surface area contributed by atoms with E-state index >= 15 is 0 Å². The van der Waals surface area contributed by atoms with Crippen LogP contribution in [0.25, 0.3) is 0 Å². The van der Waals surface area contributed by atoms with Gasteiger partial charge in [-0.2, -0.15) is 0 Å². The van der Waals surface area contributed by atoms with Crippen molar-refractivity contribution in [3.63, 3.8) is 0 Å². The molecule has 0 heterocycles. The molecular weight excluding hydrogens is 809 g/mol. The van der Waals surface area contributed by atoms with Gasteiger partial charge in [-0.15, -0.1) is 0 Å². The van der Waals surface area contributed by atoms with Crippen LogP contribution in [0.4, 0.5) is 0 Å². The highest BCUT2D eigenvalue weighted by atomic mass is 16.4. The third kappa shape index (κ3) is 23.3. The lowest BCUT2D eigenvalue weighted by molar-refractivity contribution is -0.145. The van der Waals surface area contributed by atoms with Gasteiger partial charge in [0.05, 0.1) is 63.7 Å². The molecule has 0 unspecified atom stereocenters. The average Bonchev–Trinajstić information content (AvgIpc) is 3.17. The van der Waals surface area contributed by atoms with E-state index in [1.54, 1.807) is 6.92 Å². The molecule has 0 rings (SSSR count). The van der Waals surface area contributed by atoms with E-state index in [2.05, 4.69) is 16.0 Å². The second-order valence-electron chi connectivity index (χ2n) is 16.5. The van der Waals surface area contributed by atoms with Gasteiger partial charge in [0.1, 0.15) is 0 Å². The molecule has 354 valence electrons. The zero-order valence-corrected chi connectivity index (χ0v) is 38.8. The molecule has 0 aromatic heterocycles. The first-order valence-electron chi connectivity index (χ1n) is 21.0. The van der Waals surface area contributed by atoms with Gasteiger partial charge in [0.15, 0.2) is 11.6 Å². The smallest absolute Gasteiger partial charge is 0.304 e. The number of hydrogen-bond acceptors (Lipinski definition) is 13.